The van der Waals surface area contributed by atoms with Gasteiger partial charge in [0.2, 0.25) is 0 Å². The van der Waals surface area contributed by atoms with Gasteiger partial charge in [0, 0.05) is 12.6 Å². The van der Waals surface area contributed by atoms with Crippen molar-refractivity contribution in [3.8, 4) is 11.3 Å². The fourth-order valence-electron chi connectivity index (χ4n) is 1.62. The number of rotatable bonds is 2. The molecule has 0 fully saturated rings. The molecule has 1 heterocycles. The quantitative estimate of drug-likeness (QED) is 0.677. The summed E-state index contributed by atoms with van der Waals surface area (Å²) in [6.07, 6.45) is 1.90. The number of nitrogens with zero attached hydrogens (tertiary/aromatic N) is 2. The van der Waals surface area contributed by atoms with Gasteiger partial charge in [-0.25, -0.2) is 4.39 Å². The number of nitrogens with two attached hydrogens (primary N) is 1. The highest BCUT2D eigenvalue weighted by Gasteiger charge is 2.18. The van der Waals surface area contributed by atoms with Crippen LogP contribution in [0.5, 0.6) is 0 Å². The van der Waals surface area contributed by atoms with Gasteiger partial charge < -0.3 is 5.73 Å². The average Bonchev–Trinajstić information content (AvgIpc) is 2.59. The van der Waals surface area contributed by atoms with Crippen LogP contribution in [0.1, 0.15) is 0 Å². The smallest absolute Gasteiger partial charge is 0.147 e. The molecule has 0 saturated carbocycles. The van der Waals surface area contributed by atoms with E-state index < -0.39 is 5.82 Å². The van der Waals surface area contributed by atoms with Crippen LogP contribution in [0.25, 0.3) is 11.3 Å². The van der Waals surface area contributed by atoms with Gasteiger partial charge >= 0.3 is 0 Å². The fraction of sp³-hybridized carbons (Fsp3) is 0.182. The molecule has 2 rings (SSSR count). The molecule has 0 amide bonds. The molecule has 0 radical (unpaired) electrons. The Labute approximate surface area is 118 Å². The Morgan fingerprint density at radius 3 is 2.61 bits per heavy atom. The van der Waals surface area contributed by atoms with E-state index in [1.165, 1.54) is 17.8 Å². The molecule has 0 aliphatic rings. The van der Waals surface area contributed by atoms with Crippen LogP contribution in [0, 0.1) is 5.82 Å². The Balaban J connectivity index is 2.66. The van der Waals surface area contributed by atoms with Gasteiger partial charge in [0.15, 0.2) is 0 Å². The van der Waals surface area contributed by atoms with E-state index >= 15 is 0 Å². The van der Waals surface area contributed by atoms with Gasteiger partial charge in [0.25, 0.3) is 0 Å². The van der Waals surface area contributed by atoms with Crippen LogP contribution < -0.4 is 5.73 Å². The molecular formula is C11H10Cl2FN3S. The molecule has 0 bridgehead atoms. The van der Waals surface area contributed by atoms with E-state index in [1.807, 2.05) is 6.26 Å². The number of hydrogen-bond donors (Lipinski definition) is 1. The maximum absolute atomic E-state index is 13.3. The zero-order valence-corrected chi connectivity index (χ0v) is 12.0. The average molecular weight is 306 g/mol. The van der Waals surface area contributed by atoms with Crippen molar-refractivity contribution in [2.24, 2.45) is 7.05 Å². The number of aromatic nitrogens is 2. The van der Waals surface area contributed by atoms with Crippen LogP contribution >= 0.6 is 35.0 Å². The Morgan fingerprint density at radius 2 is 2.06 bits per heavy atom. The van der Waals surface area contributed by atoms with E-state index in [2.05, 4.69) is 5.10 Å². The summed E-state index contributed by atoms with van der Waals surface area (Å²) in [5, 5.41) is 5.81. The predicted octanol–water partition coefficient (Wildman–Crippen LogP) is 3.84. The number of halogens is 3. The van der Waals surface area contributed by atoms with Crippen molar-refractivity contribution in [3.05, 3.63) is 28.0 Å². The van der Waals surface area contributed by atoms with Gasteiger partial charge in [-0.05, 0) is 18.4 Å². The number of thioether (sulfide) groups is 1. The fourth-order valence-corrected chi connectivity index (χ4v) is 2.94. The maximum Gasteiger partial charge on any atom is 0.147 e. The molecule has 3 nitrogen and oxygen atoms in total. The van der Waals surface area contributed by atoms with E-state index in [9.17, 15) is 4.39 Å². The van der Waals surface area contributed by atoms with Crippen LogP contribution in [0.4, 0.5) is 10.1 Å². The Morgan fingerprint density at radius 1 is 1.39 bits per heavy atom. The molecule has 1 aromatic carbocycles. The first-order valence-corrected chi connectivity index (χ1v) is 6.95. The minimum absolute atomic E-state index is 0.0156. The summed E-state index contributed by atoms with van der Waals surface area (Å²) in [4.78, 5) is 0. The molecular weight excluding hydrogens is 296 g/mol. The molecule has 96 valence electrons. The summed E-state index contributed by atoms with van der Waals surface area (Å²) >= 11 is 13.7. The molecule has 0 atom stereocenters. The number of anilines is 1. The highest BCUT2D eigenvalue weighted by atomic mass is 35.5. The summed E-state index contributed by atoms with van der Waals surface area (Å²) in [5.74, 6) is -0.555. The molecule has 7 heteroatoms. The second kappa shape index (κ2) is 4.99. The molecule has 0 saturated heterocycles. The molecule has 0 aliphatic heterocycles. The van der Waals surface area contributed by atoms with Crippen molar-refractivity contribution in [3.63, 3.8) is 0 Å². The topological polar surface area (TPSA) is 43.8 Å². The van der Waals surface area contributed by atoms with Crippen LogP contribution in [-0.2, 0) is 7.05 Å². The van der Waals surface area contributed by atoms with Gasteiger partial charge in [-0.2, -0.15) is 5.10 Å². The standard InChI is InChI=1S/C11H10Cl2FN3S/c1-17-11(18-2)9(13)10(16-17)5-3-8(15)7(14)4-6(5)12/h3-4H,15H2,1-2H3. The Hall–Kier alpha value is -0.910. The van der Waals surface area contributed by atoms with Crippen LogP contribution in [0.3, 0.4) is 0 Å². The summed E-state index contributed by atoms with van der Waals surface area (Å²) in [5.41, 5.74) is 6.58. The second-order valence-corrected chi connectivity index (χ2v) is 5.23. The Kier molecular flexibility index (Phi) is 3.75. The largest absolute Gasteiger partial charge is 0.396 e. The third kappa shape index (κ3) is 2.18. The first kappa shape index (κ1) is 13.5. The zero-order chi connectivity index (χ0) is 13.4. The van der Waals surface area contributed by atoms with E-state index in [0.717, 1.165) is 11.1 Å². The summed E-state index contributed by atoms with van der Waals surface area (Å²) in [7, 11) is 1.78. The number of benzene rings is 1. The van der Waals surface area contributed by atoms with Gasteiger partial charge in [0.05, 0.1) is 10.7 Å². The number of aryl methyl sites for hydroxylation is 1. The third-order valence-corrected chi connectivity index (χ3v) is 4.11. The van der Waals surface area contributed by atoms with E-state index in [1.54, 1.807) is 11.7 Å². The SMILES string of the molecule is CSc1c(Cl)c(-c2cc(N)c(F)cc2Cl)nn1C. The molecule has 0 unspecified atom stereocenters. The van der Waals surface area contributed by atoms with Crippen molar-refractivity contribution in [1.82, 2.24) is 9.78 Å². The zero-order valence-electron chi connectivity index (χ0n) is 9.67. The van der Waals surface area contributed by atoms with Crippen LogP contribution in [-0.4, -0.2) is 16.0 Å². The molecule has 1 aromatic heterocycles. The van der Waals surface area contributed by atoms with Crippen molar-refractivity contribution in [2.75, 3.05) is 12.0 Å². The molecule has 2 N–H and O–H groups in total. The molecule has 0 spiro atoms. The first-order valence-electron chi connectivity index (χ1n) is 4.97. The predicted molar refractivity (Wildman–Crippen MR) is 74.8 cm³/mol. The summed E-state index contributed by atoms with van der Waals surface area (Å²) in [6.45, 7) is 0. The van der Waals surface area contributed by atoms with E-state index in [4.69, 9.17) is 28.9 Å². The van der Waals surface area contributed by atoms with E-state index in [0.29, 0.717) is 16.3 Å². The normalized spacial score (nSPS) is 10.9. The van der Waals surface area contributed by atoms with Crippen molar-refractivity contribution in [1.29, 1.82) is 0 Å². The minimum Gasteiger partial charge on any atom is -0.396 e. The summed E-state index contributed by atoms with van der Waals surface area (Å²) in [6, 6.07) is 2.60. The van der Waals surface area contributed by atoms with Gasteiger partial charge in [0.1, 0.15) is 21.6 Å². The summed E-state index contributed by atoms with van der Waals surface area (Å²) < 4.78 is 14.9. The number of nitrogen functional groups attached to an aromatic ring is 1. The van der Waals surface area contributed by atoms with Crippen molar-refractivity contribution >= 4 is 40.7 Å². The van der Waals surface area contributed by atoms with Crippen LogP contribution in [0.2, 0.25) is 10.0 Å². The first-order chi connectivity index (χ1) is 8.45. The second-order valence-electron chi connectivity index (χ2n) is 3.65. The molecule has 2 aromatic rings. The highest BCUT2D eigenvalue weighted by molar-refractivity contribution is 7.98. The lowest BCUT2D eigenvalue weighted by molar-refractivity contribution is 0.632. The lowest BCUT2D eigenvalue weighted by Crippen LogP contribution is -1.94. The van der Waals surface area contributed by atoms with Crippen molar-refractivity contribution < 1.29 is 4.39 Å². The highest BCUT2D eigenvalue weighted by Crippen LogP contribution is 2.38. The molecule has 0 aliphatic carbocycles. The van der Waals surface area contributed by atoms with Gasteiger partial charge in [-0.15, -0.1) is 11.8 Å². The lowest BCUT2D eigenvalue weighted by atomic mass is 10.1. The monoisotopic (exact) mass is 305 g/mol. The van der Waals surface area contributed by atoms with Crippen LogP contribution in [0.15, 0.2) is 17.2 Å². The van der Waals surface area contributed by atoms with Gasteiger partial charge in [-0.3, -0.25) is 4.68 Å². The lowest BCUT2D eigenvalue weighted by Gasteiger charge is -2.04. The van der Waals surface area contributed by atoms with Crippen molar-refractivity contribution in [2.45, 2.75) is 5.03 Å². The number of hydrogen-bond acceptors (Lipinski definition) is 3. The Bertz CT molecular complexity index is 613. The van der Waals surface area contributed by atoms with Gasteiger partial charge in [-0.1, -0.05) is 23.2 Å². The van der Waals surface area contributed by atoms with E-state index in [-0.39, 0.29) is 10.7 Å². The minimum atomic E-state index is -0.555. The maximum atomic E-state index is 13.3. The molecule has 18 heavy (non-hydrogen) atoms. The third-order valence-electron chi connectivity index (χ3n) is 2.47.